The van der Waals surface area contributed by atoms with Crippen molar-refractivity contribution in [1.29, 1.82) is 0 Å². The minimum atomic E-state index is -0.636. The zero-order valence-electron chi connectivity index (χ0n) is 10.9. The van der Waals surface area contributed by atoms with E-state index in [0.717, 1.165) is 16.6 Å². The van der Waals surface area contributed by atoms with Crippen LogP contribution in [0.25, 0.3) is 10.9 Å². The first-order chi connectivity index (χ1) is 10.1. The molecule has 1 N–H and O–H groups in total. The number of halogens is 3. The number of fused-ring (bicyclic) bond motifs is 1. The normalized spacial score (nSPS) is 10.8. The number of anilines is 1. The lowest BCUT2D eigenvalue weighted by Gasteiger charge is -2.09. The predicted molar refractivity (Wildman–Crippen MR) is 83.1 cm³/mol. The zero-order valence-corrected chi connectivity index (χ0v) is 12.5. The van der Waals surface area contributed by atoms with Crippen LogP contribution >= 0.6 is 15.9 Å². The Balaban J connectivity index is 1.83. The van der Waals surface area contributed by atoms with E-state index in [1.165, 1.54) is 12.1 Å². The molecule has 106 valence electrons. The van der Waals surface area contributed by atoms with E-state index in [4.69, 9.17) is 0 Å². The van der Waals surface area contributed by atoms with Crippen molar-refractivity contribution in [1.82, 2.24) is 4.98 Å². The van der Waals surface area contributed by atoms with Crippen molar-refractivity contribution in [3.05, 3.63) is 70.3 Å². The molecule has 0 aliphatic carbocycles. The van der Waals surface area contributed by atoms with E-state index in [1.807, 2.05) is 36.4 Å². The standard InChI is InChI=1S/C16H11BrF2N2/c17-11-7-13(18)16(14(19)8-11)20-9-12-6-5-10-3-1-2-4-15(10)21-12/h1-8,20H,9H2. The van der Waals surface area contributed by atoms with Gasteiger partial charge in [-0.3, -0.25) is 4.98 Å². The van der Waals surface area contributed by atoms with E-state index in [-0.39, 0.29) is 12.2 Å². The number of rotatable bonds is 3. The van der Waals surface area contributed by atoms with E-state index in [9.17, 15) is 8.78 Å². The molecule has 0 unspecified atom stereocenters. The molecule has 0 saturated heterocycles. The fourth-order valence-electron chi connectivity index (χ4n) is 2.10. The number of hydrogen-bond donors (Lipinski definition) is 1. The topological polar surface area (TPSA) is 24.9 Å². The van der Waals surface area contributed by atoms with E-state index >= 15 is 0 Å². The second kappa shape index (κ2) is 5.77. The lowest BCUT2D eigenvalue weighted by atomic mass is 10.2. The highest BCUT2D eigenvalue weighted by Crippen LogP contribution is 2.24. The van der Waals surface area contributed by atoms with Crippen LogP contribution in [0.4, 0.5) is 14.5 Å². The number of pyridine rings is 1. The maximum Gasteiger partial charge on any atom is 0.150 e. The van der Waals surface area contributed by atoms with Gasteiger partial charge in [-0.2, -0.15) is 0 Å². The Morgan fingerprint density at radius 1 is 1.00 bits per heavy atom. The van der Waals surface area contributed by atoms with Crippen LogP contribution in [0.3, 0.4) is 0 Å². The summed E-state index contributed by atoms with van der Waals surface area (Å²) in [5.41, 5.74) is 1.43. The van der Waals surface area contributed by atoms with Gasteiger partial charge in [0.2, 0.25) is 0 Å². The molecule has 1 aromatic heterocycles. The monoisotopic (exact) mass is 348 g/mol. The van der Waals surface area contributed by atoms with E-state index in [1.54, 1.807) is 0 Å². The minimum Gasteiger partial charge on any atom is -0.375 e. The van der Waals surface area contributed by atoms with Crippen LogP contribution in [-0.2, 0) is 6.54 Å². The number of hydrogen-bond acceptors (Lipinski definition) is 2. The fourth-order valence-corrected chi connectivity index (χ4v) is 2.50. The van der Waals surface area contributed by atoms with Gasteiger partial charge < -0.3 is 5.32 Å². The first kappa shape index (κ1) is 13.9. The second-order valence-electron chi connectivity index (χ2n) is 4.59. The summed E-state index contributed by atoms with van der Waals surface area (Å²) in [7, 11) is 0. The molecule has 0 radical (unpaired) electrons. The first-order valence-corrected chi connectivity index (χ1v) is 7.16. The highest BCUT2D eigenvalue weighted by molar-refractivity contribution is 9.10. The Labute approximate surface area is 129 Å². The van der Waals surface area contributed by atoms with Crippen LogP contribution in [0, 0.1) is 11.6 Å². The van der Waals surface area contributed by atoms with Gasteiger partial charge in [-0.05, 0) is 24.3 Å². The number of nitrogens with zero attached hydrogens (tertiary/aromatic N) is 1. The Kier molecular flexibility index (Phi) is 3.84. The molecule has 0 fully saturated rings. The van der Waals surface area contributed by atoms with Crippen molar-refractivity contribution < 1.29 is 8.78 Å². The van der Waals surface area contributed by atoms with Crippen LogP contribution in [0.1, 0.15) is 5.69 Å². The lowest BCUT2D eigenvalue weighted by molar-refractivity contribution is 0.586. The van der Waals surface area contributed by atoms with Crippen LogP contribution in [-0.4, -0.2) is 4.98 Å². The first-order valence-electron chi connectivity index (χ1n) is 6.36. The Hall–Kier alpha value is -2.01. The number of para-hydroxylation sites is 1. The summed E-state index contributed by atoms with van der Waals surface area (Å²) in [6.45, 7) is 0.250. The van der Waals surface area contributed by atoms with Crippen molar-refractivity contribution in [3.8, 4) is 0 Å². The Morgan fingerprint density at radius 3 is 2.48 bits per heavy atom. The molecule has 2 aromatic carbocycles. The molecule has 0 aliphatic rings. The molecule has 0 saturated carbocycles. The average molecular weight is 349 g/mol. The minimum absolute atomic E-state index is 0.145. The molecule has 1 heterocycles. The smallest absolute Gasteiger partial charge is 0.150 e. The van der Waals surface area contributed by atoms with Crippen LogP contribution in [0.5, 0.6) is 0 Å². The van der Waals surface area contributed by atoms with Crippen molar-refractivity contribution in [2.75, 3.05) is 5.32 Å². The summed E-state index contributed by atoms with van der Waals surface area (Å²) in [6, 6.07) is 13.9. The molecule has 2 nitrogen and oxygen atoms in total. The molecular formula is C16H11BrF2N2. The van der Waals surface area contributed by atoms with Crippen LogP contribution in [0.2, 0.25) is 0 Å². The van der Waals surface area contributed by atoms with Gasteiger partial charge >= 0.3 is 0 Å². The molecule has 0 spiro atoms. The summed E-state index contributed by atoms with van der Waals surface area (Å²) < 4.78 is 27.8. The molecule has 21 heavy (non-hydrogen) atoms. The van der Waals surface area contributed by atoms with Gasteiger partial charge in [0.05, 0.1) is 17.8 Å². The van der Waals surface area contributed by atoms with E-state index in [0.29, 0.717) is 4.47 Å². The highest BCUT2D eigenvalue weighted by Gasteiger charge is 2.10. The third-order valence-corrected chi connectivity index (χ3v) is 3.57. The third kappa shape index (κ3) is 3.03. The largest absolute Gasteiger partial charge is 0.375 e. The molecule has 0 amide bonds. The van der Waals surface area contributed by atoms with Gasteiger partial charge in [0.15, 0.2) is 0 Å². The van der Waals surface area contributed by atoms with Gasteiger partial charge in [0.1, 0.15) is 17.3 Å². The Bertz CT molecular complexity index is 782. The van der Waals surface area contributed by atoms with Crippen LogP contribution in [0.15, 0.2) is 53.0 Å². The number of benzene rings is 2. The molecular weight excluding hydrogens is 338 g/mol. The summed E-state index contributed by atoms with van der Waals surface area (Å²) >= 11 is 3.05. The Morgan fingerprint density at radius 2 is 1.71 bits per heavy atom. The summed E-state index contributed by atoms with van der Waals surface area (Å²) in [5.74, 6) is -1.27. The van der Waals surface area contributed by atoms with Crippen LogP contribution < -0.4 is 5.32 Å². The maximum absolute atomic E-state index is 13.7. The van der Waals surface area contributed by atoms with E-state index in [2.05, 4.69) is 26.2 Å². The van der Waals surface area contributed by atoms with Gasteiger partial charge in [0.25, 0.3) is 0 Å². The maximum atomic E-state index is 13.7. The molecule has 3 rings (SSSR count). The van der Waals surface area contributed by atoms with Gasteiger partial charge in [-0.1, -0.05) is 40.2 Å². The average Bonchev–Trinajstić information content (AvgIpc) is 2.46. The van der Waals surface area contributed by atoms with Crippen molar-refractivity contribution >= 4 is 32.5 Å². The summed E-state index contributed by atoms with van der Waals surface area (Å²) in [4.78, 5) is 4.45. The predicted octanol–water partition coefficient (Wildman–Crippen LogP) is 4.89. The van der Waals surface area contributed by atoms with Gasteiger partial charge in [-0.25, -0.2) is 8.78 Å². The quantitative estimate of drug-likeness (QED) is 0.728. The molecule has 0 aliphatic heterocycles. The lowest BCUT2D eigenvalue weighted by Crippen LogP contribution is -2.05. The van der Waals surface area contributed by atoms with Crippen molar-refractivity contribution in [3.63, 3.8) is 0 Å². The zero-order chi connectivity index (χ0) is 14.8. The van der Waals surface area contributed by atoms with Gasteiger partial charge in [0, 0.05) is 9.86 Å². The highest BCUT2D eigenvalue weighted by atomic mass is 79.9. The molecule has 0 bridgehead atoms. The number of nitrogens with one attached hydrogen (secondary N) is 1. The van der Waals surface area contributed by atoms with E-state index < -0.39 is 11.6 Å². The SMILES string of the molecule is Fc1cc(Br)cc(F)c1NCc1ccc2ccccc2n1. The fraction of sp³-hybridized carbons (Fsp3) is 0.0625. The third-order valence-electron chi connectivity index (χ3n) is 3.11. The molecule has 5 heteroatoms. The second-order valence-corrected chi connectivity index (χ2v) is 5.51. The van der Waals surface area contributed by atoms with Gasteiger partial charge in [-0.15, -0.1) is 0 Å². The number of aromatic nitrogens is 1. The van der Waals surface area contributed by atoms with Crippen molar-refractivity contribution in [2.24, 2.45) is 0 Å². The van der Waals surface area contributed by atoms with Crippen molar-refractivity contribution in [2.45, 2.75) is 6.54 Å². The molecule has 3 aromatic rings. The summed E-state index contributed by atoms with van der Waals surface area (Å²) in [5, 5.41) is 3.79. The summed E-state index contributed by atoms with van der Waals surface area (Å²) in [6.07, 6.45) is 0. The molecule has 0 atom stereocenters.